The Morgan fingerprint density at radius 1 is 0.615 bits per heavy atom. The molecule has 2 aliphatic rings. The minimum atomic E-state index is 0.391. The smallest absolute Gasteiger partial charge is 0.00905 e. The van der Waals surface area contributed by atoms with Gasteiger partial charge in [0.15, 0.2) is 0 Å². The van der Waals surface area contributed by atoms with E-state index in [4.69, 9.17) is 11.5 Å². The molecule has 146 valence electrons. The zero-order valence-corrected chi connectivity index (χ0v) is 17.3. The summed E-state index contributed by atoms with van der Waals surface area (Å²) in [5.74, 6) is 4.23. The van der Waals surface area contributed by atoms with Crippen molar-refractivity contribution in [3.8, 4) is 0 Å². The van der Waals surface area contributed by atoms with Crippen LogP contribution in [0.2, 0.25) is 0 Å². The lowest BCUT2D eigenvalue weighted by Gasteiger charge is -2.37. The Hall–Kier alpha value is -0.860. The fraction of sp³-hybridized carbons (Fsp3) is 0.750. The van der Waals surface area contributed by atoms with Crippen molar-refractivity contribution in [2.45, 2.75) is 78.3 Å². The van der Waals surface area contributed by atoms with E-state index in [0.29, 0.717) is 35.8 Å². The number of hydrogen-bond donors (Lipinski definition) is 2. The van der Waals surface area contributed by atoms with Gasteiger partial charge in [-0.15, -0.1) is 0 Å². The summed E-state index contributed by atoms with van der Waals surface area (Å²) in [5, 5.41) is 0. The van der Waals surface area contributed by atoms with Crippen molar-refractivity contribution in [1.82, 2.24) is 0 Å². The molecule has 26 heavy (non-hydrogen) atoms. The maximum Gasteiger partial charge on any atom is 0.00905 e. The van der Waals surface area contributed by atoms with Crippen LogP contribution in [0, 0.1) is 35.5 Å². The van der Waals surface area contributed by atoms with Crippen LogP contribution in [0.1, 0.15) is 64.5 Å². The summed E-state index contributed by atoms with van der Waals surface area (Å²) in [4.78, 5) is 0. The molecule has 2 heteroatoms. The zero-order chi connectivity index (χ0) is 18.8. The molecular weight excluding hydrogens is 316 g/mol. The molecule has 2 nitrogen and oxygen atoms in total. The summed E-state index contributed by atoms with van der Waals surface area (Å²) >= 11 is 0. The van der Waals surface area contributed by atoms with Crippen LogP contribution in [0.25, 0.3) is 0 Å². The van der Waals surface area contributed by atoms with Gasteiger partial charge in [-0.2, -0.15) is 0 Å². The highest BCUT2D eigenvalue weighted by molar-refractivity contribution is 5.23. The van der Waals surface area contributed by atoms with Gasteiger partial charge in [0.25, 0.3) is 0 Å². The second kappa shape index (κ2) is 8.44. The molecule has 0 amide bonds. The Bertz CT molecular complexity index is 491. The van der Waals surface area contributed by atoms with Crippen LogP contribution in [0.3, 0.4) is 0 Å². The van der Waals surface area contributed by atoms with Crippen LogP contribution in [-0.2, 0) is 12.8 Å². The summed E-state index contributed by atoms with van der Waals surface area (Å²) in [5.41, 5.74) is 15.6. The standard InChI is InChI=1S/C24H40N2/c1-15-9-21(10-16(2)23(15)25)13-19-5-7-20(8-6-19)14-22-11-17(3)24(26)18(4)12-22/h5-8,15-18,21-24H,9-14,25-26H2,1-4H3. The van der Waals surface area contributed by atoms with Crippen LogP contribution < -0.4 is 11.5 Å². The first-order valence-electron chi connectivity index (χ1n) is 10.9. The predicted octanol–water partition coefficient (Wildman–Crippen LogP) is 4.79. The lowest BCUT2D eigenvalue weighted by atomic mass is 9.71. The van der Waals surface area contributed by atoms with Crippen molar-refractivity contribution in [2.24, 2.45) is 47.0 Å². The van der Waals surface area contributed by atoms with Crippen LogP contribution in [-0.4, -0.2) is 12.1 Å². The zero-order valence-electron chi connectivity index (χ0n) is 17.3. The van der Waals surface area contributed by atoms with E-state index in [-0.39, 0.29) is 0 Å². The molecule has 4 N–H and O–H groups in total. The highest BCUT2D eigenvalue weighted by Gasteiger charge is 2.31. The van der Waals surface area contributed by atoms with Gasteiger partial charge in [-0.25, -0.2) is 0 Å². The first kappa shape index (κ1) is 19.9. The van der Waals surface area contributed by atoms with E-state index in [1.54, 1.807) is 0 Å². The first-order valence-corrected chi connectivity index (χ1v) is 10.9. The molecule has 0 heterocycles. The average molecular weight is 357 g/mol. The monoisotopic (exact) mass is 356 g/mol. The van der Waals surface area contributed by atoms with E-state index >= 15 is 0 Å². The summed E-state index contributed by atoms with van der Waals surface area (Å²) in [6.45, 7) is 9.31. The number of nitrogens with two attached hydrogens (primary N) is 2. The van der Waals surface area contributed by atoms with Crippen molar-refractivity contribution < 1.29 is 0 Å². The molecule has 0 spiro atoms. The number of hydrogen-bond acceptors (Lipinski definition) is 2. The van der Waals surface area contributed by atoms with Gasteiger partial charge in [0.05, 0.1) is 0 Å². The predicted molar refractivity (Wildman–Crippen MR) is 112 cm³/mol. The summed E-state index contributed by atoms with van der Waals surface area (Å²) in [6, 6.07) is 10.3. The van der Waals surface area contributed by atoms with Gasteiger partial charge in [-0.05, 0) is 85.2 Å². The van der Waals surface area contributed by atoms with Gasteiger partial charge in [-0.3, -0.25) is 0 Å². The van der Waals surface area contributed by atoms with Crippen molar-refractivity contribution in [1.29, 1.82) is 0 Å². The van der Waals surface area contributed by atoms with Crippen molar-refractivity contribution in [3.05, 3.63) is 35.4 Å². The molecule has 0 bridgehead atoms. The number of rotatable bonds is 4. The van der Waals surface area contributed by atoms with Crippen LogP contribution in [0.5, 0.6) is 0 Å². The Labute approximate surface area is 161 Å². The lowest BCUT2D eigenvalue weighted by molar-refractivity contribution is 0.183. The SMILES string of the molecule is CC1CC(Cc2ccc(CC3CC(C)C(N)C(C)C3)cc2)CC(C)C1N. The first-order chi connectivity index (χ1) is 12.3. The summed E-state index contributed by atoms with van der Waals surface area (Å²) in [7, 11) is 0. The summed E-state index contributed by atoms with van der Waals surface area (Å²) in [6.07, 6.45) is 7.56. The third-order valence-electron chi connectivity index (χ3n) is 7.52. The Kier molecular flexibility index (Phi) is 6.45. The van der Waals surface area contributed by atoms with E-state index in [0.717, 1.165) is 11.8 Å². The molecule has 2 fully saturated rings. The van der Waals surface area contributed by atoms with E-state index in [9.17, 15) is 0 Å². The molecule has 1 aromatic carbocycles. The third kappa shape index (κ3) is 4.70. The molecule has 4 atom stereocenters. The fourth-order valence-electron chi connectivity index (χ4n) is 5.86. The molecule has 3 rings (SSSR count). The maximum absolute atomic E-state index is 6.31. The van der Waals surface area contributed by atoms with Gasteiger partial charge >= 0.3 is 0 Å². The topological polar surface area (TPSA) is 52.0 Å². The molecule has 0 saturated heterocycles. The molecule has 0 radical (unpaired) electrons. The van der Waals surface area contributed by atoms with Gasteiger partial charge in [-0.1, -0.05) is 52.0 Å². The second-order valence-electron chi connectivity index (χ2n) is 9.96. The fourth-order valence-corrected chi connectivity index (χ4v) is 5.86. The van der Waals surface area contributed by atoms with E-state index < -0.39 is 0 Å². The van der Waals surface area contributed by atoms with Crippen LogP contribution in [0.4, 0.5) is 0 Å². The summed E-state index contributed by atoms with van der Waals surface area (Å²) < 4.78 is 0. The van der Waals surface area contributed by atoms with Gasteiger partial charge in [0.1, 0.15) is 0 Å². The third-order valence-corrected chi connectivity index (χ3v) is 7.52. The van der Waals surface area contributed by atoms with E-state index in [1.165, 1.54) is 49.7 Å². The van der Waals surface area contributed by atoms with Crippen molar-refractivity contribution in [2.75, 3.05) is 0 Å². The minimum Gasteiger partial charge on any atom is -0.327 e. The van der Waals surface area contributed by atoms with Gasteiger partial charge in [0, 0.05) is 12.1 Å². The molecule has 0 aliphatic heterocycles. The molecule has 1 aromatic rings. The minimum absolute atomic E-state index is 0.391. The average Bonchev–Trinajstić information content (AvgIpc) is 2.59. The van der Waals surface area contributed by atoms with Crippen LogP contribution in [0.15, 0.2) is 24.3 Å². The highest BCUT2D eigenvalue weighted by Crippen LogP contribution is 2.35. The molecule has 2 aliphatic carbocycles. The largest absolute Gasteiger partial charge is 0.327 e. The lowest BCUT2D eigenvalue weighted by Crippen LogP contribution is -2.41. The molecule has 0 aromatic heterocycles. The van der Waals surface area contributed by atoms with Gasteiger partial charge < -0.3 is 11.5 Å². The quantitative estimate of drug-likeness (QED) is 0.815. The van der Waals surface area contributed by atoms with Crippen LogP contribution >= 0.6 is 0 Å². The Morgan fingerprint density at radius 3 is 1.15 bits per heavy atom. The Balaban J connectivity index is 1.54. The Morgan fingerprint density at radius 2 is 0.885 bits per heavy atom. The van der Waals surface area contributed by atoms with E-state index in [1.807, 2.05) is 0 Å². The molecular formula is C24H40N2. The van der Waals surface area contributed by atoms with Crippen molar-refractivity contribution >= 4 is 0 Å². The molecule has 4 unspecified atom stereocenters. The highest BCUT2D eigenvalue weighted by atomic mass is 14.7. The van der Waals surface area contributed by atoms with Gasteiger partial charge in [0.2, 0.25) is 0 Å². The second-order valence-corrected chi connectivity index (χ2v) is 9.96. The van der Waals surface area contributed by atoms with Crippen molar-refractivity contribution in [3.63, 3.8) is 0 Å². The van der Waals surface area contributed by atoms with E-state index in [2.05, 4.69) is 52.0 Å². The number of benzene rings is 1. The normalized spacial score (nSPS) is 41.2. The maximum atomic E-state index is 6.31. The molecule has 2 saturated carbocycles.